The average Bonchev–Trinajstić information content (AvgIpc) is 2.20. The fraction of sp³-hybridized carbons (Fsp3) is 0.545. The lowest BCUT2D eigenvalue weighted by molar-refractivity contribution is 0.504. The Bertz CT molecular complexity index is 258. The summed E-state index contributed by atoms with van der Waals surface area (Å²) in [5, 5.41) is 3.36. The summed E-state index contributed by atoms with van der Waals surface area (Å²) in [6, 6.07) is 3.65. The van der Waals surface area contributed by atoms with E-state index in [0.717, 1.165) is 25.1 Å². The lowest BCUT2D eigenvalue weighted by atomic mass is 10.1. The van der Waals surface area contributed by atoms with Crippen LogP contribution >= 0.6 is 0 Å². The second-order valence-corrected chi connectivity index (χ2v) is 3.33. The summed E-state index contributed by atoms with van der Waals surface area (Å²) in [4.78, 5) is 4.03. The van der Waals surface area contributed by atoms with Crippen molar-refractivity contribution in [2.75, 3.05) is 6.54 Å². The molecule has 78 valence electrons. The quantitative estimate of drug-likeness (QED) is 0.780. The lowest BCUT2D eigenvalue weighted by Crippen LogP contribution is -2.30. The van der Waals surface area contributed by atoms with Crippen LogP contribution in [0.15, 0.2) is 18.3 Å². The molecule has 2 nitrogen and oxygen atoms in total. The first-order chi connectivity index (χ1) is 6.76. The minimum atomic E-state index is -0.273. The number of hydrogen-bond acceptors (Lipinski definition) is 2. The second-order valence-electron chi connectivity index (χ2n) is 3.33. The van der Waals surface area contributed by atoms with Crippen LogP contribution in [0.1, 0.15) is 26.0 Å². The van der Waals surface area contributed by atoms with Crippen LogP contribution in [0.5, 0.6) is 0 Å². The number of pyridine rings is 1. The predicted molar refractivity (Wildman–Crippen MR) is 55.7 cm³/mol. The molecule has 0 aliphatic heterocycles. The van der Waals surface area contributed by atoms with Gasteiger partial charge in [-0.2, -0.15) is 0 Å². The number of likely N-dealkylation sites (N-methyl/N-ethyl adjacent to an activating group) is 1. The fourth-order valence-electron chi connectivity index (χ4n) is 1.43. The maximum atomic E-state index is 12.6. The molecule has 0 spiro atoms. The Balaban J connectivity index is 2.53. The molecule has 1 rings (SSSR count). The van der Waals surface area contributed by atoms with Gasteiger partial charge in [0.1, 0.15) is 5.82 Å². The molecule has 0 bridgehead atoms. The minimum Gasteiger partial charge on any atom is -0.314 e. The average molecular weight is 196 g/mol. The van der Waals surface area contributed by atoms with Crippen LogP contribution in [0, 0.1) is 5.82 Å². The first-order valence-electron chi connectivity index (χ1n) is 5.10. The molecule has 1 aromatic rings. The SMILES string of the molecule is CCNC(CC)Cc1ccc(F)cn1. The van der Waals surface area contributed by atoms with Gasteiger partial charge < -0.3 is 5.32 Å². The van der Waals surface area contributed by atoms with Gasteiger partial charge in [0.25, 0.3) is 0 Å². The van der Waals surface area contributed by atoms with Crippen molar-refractivity contribution < 1.29 is 4.39 Å². The van der Waals surface area contributed by atoms with Gasteiger partial charge in [0.05, 0.1) is 6.20 Å². The van der Waals surface area contributed by atoms with E-state index in [2.05, 4.69) is 24.1 Å². The van der Waals surface area contributed by atoms with Crippen LogP contribution in [-0.4, -0.2) is 17.6 Å². The maximum Gasteiger partial charge on any atom is 0.141 e. The summed E-state index contributed by atoms with van der Waals surface area (Å²) in [6.45, 7) is 5.18. The molecule has 1 heterocycles. The van der Waals surface area contributed by atoms with Crippen LogP contribution in [0.4, 0.5) is 4.39 Å². The topological polar surface area (TPSA) is 24.9 Å². The Hall–Kier alpha value is -0.960. The van der Waals surface area contributed by atoms with Crippen LogP contribution in [0.3, 0.4) is 0 Å². The van der Waals surface area contributed by atoms with Crippen molar-refractivity contribution in [3.63, 3.8) is 0 Å². The zero-order chi connectivity index (χ0) is 10.4. The molecular formula is C11H17FN2. The highest BCUT2D eigenvalue weighted by atomic mass is 19.1. The normalized spacial score (nSPS) is 12.8. The van der Waals surface area contributed by atoms with Crippen LogP contribution in [-0.2, 0) is 6.42 Å². The summed E-state index contributed by atoms with van der Waals surface area (Å²) in [5.41, 5.74) is 0.944. The predicted octanol–water partition coefficient (Wildman–Crippen LogP) is 2.15. The monoisotopic (exact) mass is 196 g/mol. The first kappa shape index (κ1) is 11.1. The van der Waals surface area contributed by atoms with Gasteiger partial charge in [0.2, 0.25) is 0 Å². The number of hydrogen-bond donors (Lipinski definition) is 1. The molecule has 1 N–H and O–H groups in total. The molecule has 1 atom stereocenters. The Labute approximate surface area is 84.6 Å². The highest BCUT2D eigenvalue weighted by Gasteiger charge is 2.06. The number of nitrogens with one attached hydrogen (secondary N) is 1. The smallest absolute Gasteiger partial charge is 0.141 e. The molecule has 0 saturated heterocycles. The van der Waals surface area contributed by atoms with E-state index in [9.17, 15) is 4.39 Å². The third kappa shape index (κ3) is 3.42. The van der Waals surface area contributed by atoms with Crippen LogP contribution in [0.25, 0.3) is 0 Å². The molecule has 0 saturated carbocycles. The molecule has 1 aromatic heterocycles. The van der Waals surface area contributed by atoms with Crippen LogP contribution in [0.2, 0.25) is 0 Å². The molecule has 1 unspecified atom stereocenters. The van der Waals surface area contributed by atoms with E-state index in [-0.39, 0.29) is 5.82 Å². The Morgan fingerprint density at radius 2 is 2.21 bits per heavy atom. The highest BCUT2D eigenvalue weighted by molar-refractivity contribution is 5.06. The van der Waals surface area contributed by atoms with Crippen LogP contribution < -0.4 is 5.32 Å². The number of rotatable bonds is 5. The lowest BCUT2D eigenvalue weighted by Gasteiger charge is -2.14. The summed E-state index contributed by atoms with van der Waals surface area (Å²) < 4.78 is 12.6. The van der Waals surface area contributed by atoms with Crippen molar-refractivity contribution in [3.8, 4) is 0 Å². The number of halogens is 1. The molecule has 0 aromatic carbocycles. The highest BCUT2D eigenvalue weighted by Crippen LogP contribution is 2.04. The summed E-state index contributed by atoms with van der Waals surface area (Å²) in [6.07, 6.45) is 3.20. The van der Waals surface area contributed by atoms with E-state index in [0.29, 0.717) is 6.04 Å². The molecule has 0 aliphatic carbocycles. The third-order valence-corrected chi connectivity index (χ3v) is 2.23. The van der Waals surface area contributed by atoms with Gasteiger partial charge in [0.15, 0.2) is 0 Å². The molecule has 0 fully saturated rings. The first-order valence-corrected chi connectivity index (χ1v) is 5.10. The Morgan fingerprint density at radius 1 is 1.43 bits per heavy atom. The largest absolute Gasteiger partial charge is 0.314 e. The molecule has 0 radical (unpaired) electrons. The number of aromatic nitrogens is 1. The Kier molecular flexibility index (Phi) is 4.53. The van der Waals surface area contributed by atoms with Crippen molar-refractivity contribution in [1.29, 1.82) is 0 Å². The molecular weight excluding hydrogens is 179 g/mol. The van der Waals surface area contributed by atoms with Crippen molar-refractivity contribution in [2.24, 2.45) is 0 Å². The zero-order valence-corrected chi connectivity index (χ0v) is 8.76. The van der Waals surface area contributed by atoms with E-state index in [1.165, 1.54) is 12.3 Å². The van der Waals surface area contributed by atoms with Crippen molar-refractivity contribution in [2.45, 2.75) is 32.7 Å². The van der Waals surface area contributed by atoms with Gasteiger partial charge in [-0.05, 0) is 25.1 Å². The van der Waals surface area contributed by atoms with E-state index in [1.807, 2.05) is 0 Å². The second kappa shape index (κ2) is 5.70. The van der Waals surface area contributed by atoms with E-state index in [1.54, 1.807) is 6.07 Å². The molecule has 14 heavy (non-hydrogen) atoms. The van der Waals surface area contributed by atoms with Crippen molar-refractivity contribution in [1.82, 2.24) is 10.3 Å². The molecule has 0 amide bonds. The van der Waals surface area contributed by atoms with Gasteiger partial charge in [0, 0.05) is 18.2 Å². The summed E-state index contributed by atoms with van der Waals surface area (Å²) >= 11 is 0. The zero-order valence-electron chi connectivity index (χ0n) is 8.76. The van der Waals surface area contributed by atoms with Gasteiger partial charge in [-0.1, -0.05) is 13.8 Å². The summed E-state index contributed by atoms with van der Waals surface area (Å²) in [5.74, 6) is -0.273. The van der Waals surface area contributed by atoms with Crippen molar-refractivity contribution in [3.05, 3.63) is 29.8 Å². The molecule has 3 heteroatoms. The van der Waals surface area contributed by atoms with Gasteiger partial charge >= 0.3 is 0 Å². The van der Waals surface area contributed by atoms with Gasteiger partial charge in [-0.3, -0.25) is 4.98 Å². The van der Waals surface area contributed by atoms with E-state index in [4.69, 9.17) is 0 Å². The standard InChI is InChI=1S/C11H17FN2/c1-3-10(13-4-2)7-11-6-5-9(12)8-14-11/h5-6,8,10,13H,3-4,7H2,1-2H3. The maximum absolute atomic E-state index is 12.6. The summed E-state index contributed by atoms with van der Waals surface area (Å²) in [7, 11) is 0. The number of nitrogens with zero attached hydrogens (tertiary/aromatic N) is 1. The van der Waals surface area contributed by atoms with Crippen molar-refractivity contribution >= 4 is 0 Å². The van der Waals surface area contributed by atoms with E-state index < -0.39 is 0 Å². The van der Waals surface area contributed by atoms with E-state index >= 15 is 0 Å². The third-order valence-electron chi connectivity index (χ3n) is 2.23. The van der Waals surface area contributed by atoms with Gasteiger partial charge in [-0.15, -0.1) is 0 Å². The molecule has 0 aliphatic rings. The van der Waals surface area contributed by atoms with Gasteiger partial charge in [-0.25, -0.2) is 4.39 Å². The minimum absolute atomic E-state index is 0.273. The Morgan fingerprint density at radius 3 is 2.71 bits per heavy atom. The fourth-order valence-corrected chi connectivity index (χ4v) is 1.43.